The number of anilines is 1. The Morgan fingerprint density at radius 3 is 2.36 bits per heavy atom. The summed E-state index contributed by atoms with van der Waals surface area (Å²) in [6, 6.07) is 13.1. The fraction of sp³-hybridized carbons (Fsp3) is 0.333. The number of amides is 3. The van der Waals surface area contributed by atoms with E-state index in [1.165, 1.54) is 6.07 Å². The molecule has 0 spiro atoms. The van der Waals surface area contributed by atoms with E-state index in [1.54, 1.807) is 23.1 Å². The number of hydrogen-bond acceptors (Lipinski definition) is 3. The number of piperazine rings is 1. The lowest BCUT2D eigenvalue weighted by atomic mass is 9.98. The highest BCUT2D eigenvalue weighted by Gasteiger charge is 2.26. The highest BCUT2D eigenvalue weighted by atomic mass is 19.1. The molecule has 3 N–H and O–H groups in total. The van der Waals surface area contributed by atoms with E-state index in [9.17, 15) is 14.0 Å². The lowest BCUT2D eigenvalue weighted by Gasteiger charge is -2.37. The first-order valence-electron chi connectivity index (χ1n) is 9.34. The molecular formula is C21H25FN4O2. The SMILES string of the molecule is Cc1ccccc1C(CC(=O)N1CCN(c2ccccc2F)CC1)NC(N)=O. The van der Waals surface area contributed by atoms with Gasteiger partial charge in [-0.05, 0) is 30.2 Å². The Morgan fingerprint density at radius 2 is 1.71 bits per heavy atom. The lowest BCUT2D eigenvalue weighted by Crippen LogP contribution is -2.49. The van der Waals surface area contributed by atoms with Gasteiger partial charge in [-0.25, -0.2) is 9.18 Å². The van der Waals surface area contributed by atoms with E-state index in [0.29, 0.717) is 31.9 Å². The molecule has 7 heteroatoms. The molecule has 1 aliphatic rings. The molecule has 1 aliphatic heterocycles. The number of para-hydroxylation sites is 1. The van der Waals surface area contributed by atoms with E-state index in [1.807, 2.05) is 36.1 Å². The number of halogens is 1. The van der Waals surface area contributed by atoms with Gasteiger partial charge in [-0.1, -0.05) is 36.4 Å². The molecule has 1 unspecified atom stereocenters. The third-order valence-electron chi connectivity index (χ3n) is 5.08. The summed E-state index contributed by atoms with van der Waals surface area (Å²) in [6.07, 6.45) is 0.132. The number of aryl methyl sites for hydroxylation is 1. The van der Waals surface area contributed by atoms with Crippen LogP contribution in [0.15, 0.2) is 48.5 Å². The van der Waals surface area contributed by atoms with Gasteiger partial charge >= 0.3 is 6.03 Å². The van der Waals surface area contributed by atoms with Crippen molar-refractivity contribution in [2.24, 2.45) is 5.73 Å². The van der Waals surface area contributed by atoms with Crippen molar-refractivity contribution < 1.29 is 14.0 Å². The number of rotatable bonds is 5. The van der Waals surface area contributed by atoms with Crippen molar-refractivity contribution in [3.8, 4) is 0 Å². The fourth-order valence-electron chi connectivity index (χ4n) is 3.60. The van der Waals surface area contributed by atoms with Crippen LogP contribution in [-0.4, -0.2) is 43.0 Å². The van der Waals surface area contributed by atoms with Crippen LogP contribution in [0.2, 0.25) is 0 Å². The van der Waals surface area contributed by atoms with Gasteiger partial charge < -0.3 is 20.9 Å². The molecule has 148 valence electrons. The second-order valence-electron chi connectivity index (χ2n) is 6.94. The monoisotopic (exact) mass is 384 g/mol. The highest BCUT2D eigenvalue weighted by molar-refractivity contribution is 5.79. The van der Waals surface area contributed by atoms with E-state index < -0.39 is 12.1 Å². The number of hydrogen-bond donors (Lipinski definition) is 2. The number of nitrogens with zero attached hydrogens (tertiary/aromatic N) is 2. The number of carbonyl (C=O) groups is 2. The van der Waals surface area contributed by atoms with Crippen molar-refractivity contribution in [3.05, 3.63) is 65.5 Å². The number of carbonyl (C=O) groups excluding carboxylic acids is 2. The number of nitrogens with two attached hydrogens (primary N) is 1. The number of benzene rings is 2. The first-order chi connectivity index (χ1) is 13.5. The van der Waals surface area contributed by atoms with E-state index in [4.69, 9.17) is 5.73 Å². The predicted molar refractivity (Wildman–Crippen MR) is 106 cm³/mol. The lowest BCUT2D eigenvalue weighted by molar-refractivity contribution is -0.132. The first kappa shape index (κ1) is 19.7. The normalized spacial score (nSPS) is 15.2. The van der Waals surface area contributed by atoms with Crippen LogP contribution in [0, 0.1) is 12.7 Å². The van der Waals surface area contributed by atoms with Crippen LogP contribution in [0.1, 0.15) is 23.6 Å². The standard InChI is InChI=1S/C21H25FN4O2/c1-15-6-2-3-7-16(15)18(24-21(23)28)14-20(27)26-12-10-25(11-13-26)19-9-5-4-8-17(19)22/h2-9,18H,10-14H2,1H3,(H3,23,24,28). The molecule has 2 aromatic carbocycles. The molecule has 1 saturated heterocycles. The average molecular weight is 384 g/mol. The molecule has 1 heterocycles. The van der Waals surface area contributed by atoms with Gasteiger partial charge in [0.1, 0.15) is 5.82 Å². The highest BCUT2D eigenvalue weighted by Crippen LogP contribution is 2.23. The van der Waals surface area contributed by atoms with Crippen molar-refractivity contribution in [1.82, 2.24) is 10.2 Å². The molecule has 3 rings (SSSR count). The smallest absolute Gasteiger partial charge is 0.312 e. The molecule has 0 bridgehead atoms. The van der Waals surface area contributed by atoms with Gasteiger partial charge in [0.15, 0.2) is 0 Å². The molecule has 1 atom stereocenters. The van der Waals surface area contributed by atoms with E-state index in [-0.39, 0.29) is 18.1 Å². The molecule has 0 aliphatic carbocycles. The molecule has 2 aromatic rings. The zero-order valence-electron chi connectivity index (χ0n) is 15.9. The second-order valence-corrected chi connectivity index (χ2v) is 6.94. The van der Waals surface area contributed by atoms with Crippen LogP contribution in [0.5, 0.6) is 0 Å². The minimum absolute atomic E-state index is 0.0600. The van der Waals surface area contributed by atoms with E-state index >= 15 is 0 Å². The minimum Gasteiger partial charge on any atom is -0.366 e. The van der Waals surface area contributed by atoms with Crippen molar-refractivity contribution in [3.63, 3.8) is 0 Å². The average Bonchev–Trinajstić information content (AvgIpc) is 2.68. The summed E-state index contributed by atoms with van der Waals surface area (Å²) in [4.78, 5) is 28.0. The molecule has 28 heavy (non-hydrogen) atoms. The summed E-state index contributed by atoms with van der Waals surface area (Å²) < 4.78 is 14.0. The Balaban J connectivity index is 1.64. The summed E-state index contributed by atoms with van der Waals surface area (Å²) in [7, 11) is 0. The van der Waals surface area contributed by atoms with Gasteiger partial charge in [0, 0.05) is 26.2 Å². The summed E-state index contributed by atoms with van der Waals surface area (Å²) in [5.41, 5.74) is 7.73. The maximum Gasteiger partial charge on any atom is 0.312 e. The fourth-order valence-corrected chi connectivity index (χ4v) is 3.60. The largest absolute Gasteiger partial charge is 0.366 e. The van der Waals surface area contributed by atoms with Crippen molar-refractivity contribution in [2.75, 3.05) is 31.1 Å². The van der Waals surface area contributed by atoms with Gasteiger partial charge in [-0.2, -0.15) is 0 Å². The van der Waals surface area contributed by atoms with Crippen molar-refractivity contribution in [2.45, 2.75) is 19.4 Å². The summed E-state index contributed by atoms with van der Waals surface area (Å²) in [5, 5.41) is 2.68. The van der Waals surface area contributed by atoms with Gasteiger partial charge in [-0.3, -0.25) is 4.79 Å². The Labute approximate surface area is 164 Å². The van der Waals surface area contributed by atoms with Gasteiger partial charge in [-0.15, -0.1) is 0 Å². The summed E-state index contributed by atoms with van der Waals surface area (Å²) in [6.45, 7) is 4.06. The number of primary amides is 1. The Morgan fingerprint density at radius 1 is 1.07 bits per heavy atom. The maximum atomic E-state index is 14.0. The van der Waals surface area contributed by atoms with E-state index in [2.05, 4.69) is 5.32 Å². The third kappa shape index (κ3) is 4.60. The quantitative estimate of drug-likeness (QED) is 0.832. The summed E-state index contributed by atoms with van der Waals surface area (Å²) in [5.74, 6) is -0.317. The van der Waals surface area contributed by atoms with Gasteiger partial charge in [0.2, 0.25) is 5.91 Å². The second kappa shape index (κ2) is 8.73. The number of nitrogens with one attached hydrogen (secondary N) is 1. The first-order valence-corrected chi connectivity index (χ1v) is 9.34. The third-order valence-corrected chi connectivity index (χ3v) is 5.08. The Bertz CT molecular complexity index is 850. The van der Waals surface area contributed by atoms with Gasteiger partial charge in [0.25, 0.3) is 0 Å². The van der Waals surface area contributed by atoms with Crippen LogP contribution in [-0.2, 0) is 4.79 Å². The minimum atomic E-state index is -0.662. The van der Waals surface area contributed by atoms with Crippen LogP contribution in [0.25, 0.3) is 0 Å². The van der Waals surface area contributed by atoms with Crippen LogP contribution in [0.4, 0.5) is 14.9 Å². The molecule has 0 aromatic heterocycles. The molecule has 1 fully saturated rings. The Hall–Kier alpha value is -3.09. The van der Waals surface area contributed by atoms with E-state index in [0.717, 1.165) is 11.1 Å². The molecule has 0 radical (unpaired) electrons. The van der Waals surface area contributed by atoms with Crippen LogP contribution in [0.3, 0.4) is 0 Å². The maximum absolute atomic E-state index is 14.0. The van der Waals surface area contributed by atoms with Gasteiger partial charge in [0.05, 0.1) is 18.2 Å². The molecule has 0 saturated carbocycles. The van der Waals surface area contributed by atoms with Crippen molar-refractivity contribution >= 4 is 17.6 Å². The Kier molecular flexibility index (Phi) is 6.13. The van der Waals surface area contributed by atoms with Crippen LogP contribution < -0.4 is 16.0 Å². The zero-order valence-corrected chi connectivity index (χ0v) is 15.9. The predicted octanol–water partition coefficient (Wildman–Crippen LogP) is 2.58. The number of urea groups is 1. The topological polar surface area (TPSA) is 78.7 Å². The zero-order chi connectivity index (χ0) is 20.1. The summed E-state index contributed by atoms with van der Waals surface area (Å²) >= 11 is 0. The van der Waals surface area contributed by atoms with Crippen LogP contribution >= 0.6 is 0 Å². The molecule has 3 amide bonds. The molecule has 6 nitrogen and oxygen atoms in total. The van der Waals surface area contributed by atoms with Crippen molar-refractivity contribution in [1.29, 1.82) is 0 Å². The molecular weight excluding hydrogens is 359 g/mol.